The van der Waals surface area contributed by atoms with E-state index < -0.39 is 0 Å². The molecule has 3 rings (SSSR count). The number of rotatable bonds is 9. The molecule has 2 aromatic rings. The van der Waals surface area contributed by atoms with E-state index in [4.69, 9.17) is 15.0 Å². The first-order chi connectivity index (χ1) is 13.7. The zero-order valence-electron chi connectivity index (χ0n) is 16.9. The molecule has 1 aliphatic carbocycles. The van der Waals surface area contributed by atoms with Crippen LogP contribution in [0.4, 0.5) is 0 Å². The number of hydrogen-bond donors (Lipinski definition) is 2. The second-order valence-electron chi connectivity index (χ2n) is 7.28. The molecule has 3 N–H and O–H groups in total. The Morgan fingerprint density at radius 2 is 2.00 bits per heavy atom. The molecule has 0 aliphatic heterocycles. The van der Waals surface area contributed by atoms with Crippen LogP contribution in [0, 0.1) is 5.92 Å². The van der Waals surface area contributed by atoms with Gasteiger partial charge in [0.25, 0.3) is 0 Å². The van der Waals surface area contributed by atoms with E-state index in [2.05, 4.69) is 15.5 Å². The van der Waals surface area contributed by atoms with Gasteiger partial charge < -0.3 is 20.3 Å². The van der Waals surface area contributed by atoms with Crippen molar-refractivity contribution in [3.8, 4) is 17.1 Å². The van der Waals surface area contributed by atoms with Crippen molar-refractivity contribution < 1.29 is 14.1 Å². The van der Waals surface area contributed by atoms with E-state index in [0.717, 1.165) is 24.2 Å². The largest absolute Gasteiger partial charge is 0.494 e. The summed E-state index contributed by atoms with van der Waals surface area (Å²) in [4.78, 5) is 16.7. The Kier molecular flexibility index (Phi) is 9.41. The Balaban J connectivity index is 0.00000300. The quantitative estimate of drug-likeness (QED) is 0.640. The Labute approximate surface area is 178 Å². The third kappa shape index (κ3) is 6.72. The summed E-state index contributed by atoms with van der Waals surface area (Å²) >= 11 is 0. The number of hydrogen-bond acceptors (Lipinski definition) is 6. The Bertz CT molecular complexity index is 745. The number of halogens is 1. The van der Waals surface area contributed by atoms with Crippen LogP contribution >= 0.6 is 12.4 Å². The molecule has 1 amide bonds. The van der Waals surface area contributed by atoms with Crippen molar-refractivity contribution in [1.82, 2.24) is 15.5 Å². The number of nitrogens with two attached hydrogens (primary N) is 1. The van der Waals surface area contributed by atoms with Gasteiger partial charge in [-0.1, -0.05) is 24.4 Å². The molecule has 0 radical (unpaired) electrons. The molecule has 1 aromatic heterocycles. The molecular formula is C21H31ClN4O3. The maximum Gasteiger partial charge on any atom is 0.227 e. The number of benzene rings is 1. The predicted octanol–water partition coefficient (Wildman–Crippen LogP) is 3.51. The molecule has 1 atom stereocenters. The summed E-state index contributed by atoms with van der Waals surface area (Å²) in [6.07, 6.45) is 6.77. The Morgan fingerprint density at radius 3 is 2.66 bits per heavy atom. The number of nitrogens with one attached hydrogen (secondary N) is 1. The average molecular weight is 423 g/mol. The zero-order chi connectivity index (χ0) is 19.8. The second-order valence-corrected chi connectivity index (χ2v) is 7.28. The molecule has 0 bridgehead atoms. The molecule has 1 aliphatic rings. The highest BCUT2D eigenvalue weighted by molar-refractivity contribution is 5.85. The SMILES string of the molecule is CCOc1ccc(-c2noc(CCC(=O)NC(CN)C3CCCCC3)n2)cc1.Cl. The Morgan fingerprint density at radius 1 is 1.28 bits per heavy atom. The third-order valence-electron chi connectivity index (χ3n) is 5.28. The summed E-state index contributed by atoms with van der Waals surface area (Å²) in [5.74, 6) is 2.26. The summed E-state index contributed by atoms with van der Waals surface area (Å²) in [5, 5.41) is 7.11. The fourth-order valence-electron chi connectivity index (χ4n) is 3.75. The van der Waals surface area contributed by atoms with Crippen LogP contribution in [-0.2, 0) is 11.2 Å². The van der Waals surface area contributed by atoms with Crippen LogP contribution in [0.5, 0.6) is 5.75 Å². The fraction of sp³-hybridized carbons (Fsp3) is 0.571. The van der Waals surface area contributed by atoms with E-state index in [9.17, 15) is 4.79 Å². The van der Waals surface area contributed by atoms with Crippen LogP contribution in [0.3, 0.4) is 0 Å². The van der Waals surface area contributed by atoms with Crippen molar-refractivity contribution in [1.29, 1.82) is 0 Å². The number of nitrogens with zero attached hydrogens (tertiary/aromatic N) is 2. The molecule has 1 saturated carbocycles. The van der Waals surface area contributed by atoms with Gasteiger partial charge in [0.1, 0.15) is 5.75 Å². The minimum absolute atomic E-state index is 0. The lowest BCUT2D eigenvalue weighted by molar-refractivity contribution is -0.122. The number of amides is 1. The van der Waals surface area contributed by atoms with Gasteiger partial charge in [0.15, 0.2) is 0 Å². The molecule has 0 spiro atoms. The maximum atomic E-state index is 12.3. The zero-order valence-corrected chi connectivity index (χ0v) is 17.7. The average Bonchev–Trinajstić information content (AvgIpc) is 3.21. The highest BCUT2D eigenvalue weighted by atomic mass is 35.5. The highest BCUT2D eigenvalue weighted by Crippen LogP contribution is 2.26. The number of carbonyl (C=O) groups excluding carboxylic acids is 1. The van der Waals surface area contributed by atoms with E-state index in [-0.39, 0.29) is 24.4 Å². The third-order valence-corrected chi connectivity index (χ3v) is 5.28. The summed E-state index contributed by atoms with van der Waals surface area (Å²) < 4.78 is 10.7. The molecule has 29 heavy (non-hydrogen) atoms. The minimum atomic E-state index is -0.0122. The lowest BCUT2D eigenvalue weighted by atomic mass is 9.84. The molecule has 8 heteroatoms. The first-order valence-corrected chi connectivity index (χ1v) is 10.2. The normalized spacial score (nSPS) is 15.4. The smallest absolute Gasteiger partial charge is 0.227 e. The van der Waals surface area contributed by atoms with Gasteiger partial charge in [-0.25, -0.2) is 0 Å². The van der Waals surface area contributed by atoms with Crippen molar-refractivity contribution >= 4 is 18.3 Å². The number of ether oxygens (including phenoxy) is 1. The molecule has 1 fully saturated rings. The van der Waals surface area contributed by atoms with Crippen molar-refractivity contribution in [3.05, 3.63) is 30.2 Å². The maximum absolute atomic E-state index is 12.3. The van der Waals surface area contributed by atoms with Crippen LogP contribution in [-0.4, -0.2) is 35.2 Å². The standard InChI is InChI=1S/C21H30N4O3.ClH/c1-2-27-17-10-8-16(9-11-17)21-24-20(28-25-21)13-12-19(26)23-18(14-22)15-6-4-3-5-7-15;/h8-11,15,18H,2-7,12-14,22H2,1H3,(H,23,26);1H. The predicted molar refractivity (Wildman–Crippen MR) is 114 cm³/mol. The van der Waals surface area contributed by atoms with Crippen LogP contribution < -0.4 is 15.8 Å². The van der Waals surface area contributed by atoms with E-state index in [1.165, 1.54) is 19.3 Å². The van der Waals surface area contributed by atoms with E-state index >= 15 is 0 Å². The molecular weight excluding hydrogens is 392 g/mol. The summed E-state index contributed by atoms with van der Waals surface area (Å²) in [7, 11) is 0. The van der Waals surface area contributed by atoms with Crippen molar-refractivity contribution in [2.45, 2.75) is 57.9 Å². The summed E-state index contributed by atoms with van der Waals surface area (Å²) in [6, 6.07) is 7.60. The first kappa shape index (κ1) is 23.2. The molecule has 1 aromatic carbocycles. The van der Waals surface area contributed by atoms with Gasteiger partial charge in [0.05, 0.1) is 6.61 Å². The van der Waals surface area contributed by atoms with E-state index in [1.54, 1.807) is 0 Å². The van der Waals surface area contributed by atoms with Gasteiger partial charge in [-0.05, 0) is 49.9 Å². The molecule has 160 valence electrons. The van der Waals surface area contributed by atoms with E-state index in [1.807, 2.05) is 31.2 Å². The summed E-state index contributed by atoms with van der Waals surface area (Å²) in [5.41, 5.74) is 6.74. The van der Waals surface area contributed by atoms with Crippen LogP contribution in [0.15, 0.2) is 28.8 Å². The van der Waals surface area contributed by atoms with Gasteiger partial charge in [0.2, 0.25) is 17.6 Å². The van der Waals surface area contributed by atoms with Gasteiger partial charge in [0, 0.05) is 31.0 Å². The van der Waals surface area contributed by atoms with Crippen molar-refractivity contribution in [2.24, 2.45) is 11.7 Å². The van der Waals surface area contributed by atoms with Crippen LogP contribution in [0.1, 0.15) is 51.3 Å². The first-order valence-electron chi connectivity index (χ1n) is 10.2. The van der Waals surface area contributed by atoms with Crippen LogP contribution in [0.2, 0.25) is 0 Å². The number of aromatic nitrogens is 2. The van der Waals surface area contributed by atoms with Gasteiger partial charge in [-0.3, -0.25) is 4.79 Å². The monoisotopic (exact) mass is 422 g/mol. The van der Waals surface area contributed by atoms with Crippen LogP contribution in [0.25, 0.3) is 11.4 Å². The lowest BCUT2D eigenvalue weighted by Crippen LogP contribution is -2.46. The minimum Gasteiger partial charge on any atom is -0.494 e. The molecule has 0 saturated heterocycles. The number of aryl methyl sites for hydroxylation is 1. The van der Waals surface area contributed by atoms with Crippen molar-refractivity contribution in [2.75, 3.05) is 13.2 Å². The molecule has 1 heterocycles. The van der Waals surface area contributed by atoms with Crippen molar-refractivity contribution in [3.63, 3.8) is 0 Å². The van der Waals surface area contributed by atoms with Gasteiger partial charge in [-0.15, -0.1) is 12.4 Å². The van der Waals surface area contributed by atoms with Gasteiger partial charge in [-0.2, -0.15) is 4.98 Å². The topological polar surface area (TPSA) is 103 Å². The number of carbonyl (C=O) groups is 1. The summed E-state index contributed by atoms with van der Waals surface area (Å²) in [6.45, 7) is 3.05. The second kappa shape index (κ2) is 11.8. The molecule has 1 unspecified atom stereocenters. The highest BCUT2D eigenvalue weighted by Gasteiger charge is 2.24. The van der Waals surface area contributed by atoms with Gasteiger partial charge >= 0.3 is 0 Å². The Hall–Kier alpha value is -2.12. The lowest BCUT2D eigenvalue weighted by Gasteiger charge is -2.30. The molecule has 7 nitrogen and oxygen atoms in total. The van der Waals surface area contributed by atoms with E-state index in [0.29, 0.717) is 43.6 Å². The fourth-order valence-corrected chi connectivity index (χ4v) is 3.75.